The molecular weight excluding hydrogens is 1200 g/mol. The predicted octanol–water partition coefficient (Wildman–Crippen LogP) is 21.3. The number of hydrogen-bond donors (Lipinski definition) is 0. The van der Waals surface area contributed by atoms with Crippen molar-refractivity contribution >= 4 is 145 Å². The second kappa shape index (κ2) is 22.9. The maximum atomic E-state index is 15.7. The fourth-order valence-electron chi connectivity index (χ4n) is 14.6. The molecule has 0 saturated heterocycles. The summed E-state index contributed by atoms with van der Waals surface area (Å²) in [5.41, 5.74) is 21.0. The fraction of sp³-hybridized carbons (Fsp3) is 0.100. The van der Waals surface area contributed by atoms with Gasteiger partial charge in [0, 0.05) is 127 Å². The van der Waals surface area contributed by atoms with Gasteiger partial charge in [0.1, 0.15) is 23.3 Å². The highest BCUT2D eigenvalue weighted by molar-refractivity contribution is 6.33. The van der Waals surface area contributed by atoms with Crippen LogP contribution < -0.4 is 19.6 Å². The first-order chi connectivity index (χ1) is 46.6. The number of hydrogen-bond acceptors (Lipinski definition) is 12. The second-order valence-electron chi connectivity index (χ2n) is 24.5. The van der Waals surface area contributed by atoms with E-state index in [0.29, 0.717) is 89.6 Å². The molecule has 0 aliphatic carbocycles. The molecule has 0 atom stereocenters. The topological polar surface area (TPSA) is 116 Å². The summed E-state index contributed by atoms with van der Waals surface area (Å²) in [4.78, 5) is 47.6. The van der Waals surface area contributed by atoms with Gasteiger partial charge in [0.2, 0.25) is 0 Å². The molecule has 0 spiro atoms. The van der Waals surface area contributed by atoms with Crippen LogP contribution in [0.4, 0.5) is 85.8 Å². The number of benzene rings is 12. The molecule has 0 aliphatic heterocycles. The zero-order chi connectivity index (χ0) is 65.9. The van der Waals surface area contributed by atoms with E-state index in [1.807, 2.05) is 52.0 Å². The average Bonchev–Trinajstić information content (AvgIpc) is 0.697. The van der Waals surface area contributed by atoms with Crippen molar-refractivity contribution in [2.75, 3.05) is 19.6 Å². The molecule has 16 heteroatoms. The third-order valence-corrected chi connectivity index (χ3v) is 18.7. The predicted molar refractivity (Wildman–Crippen MR) is 379 cm³/mol. The zero-order valence-corrected chi connectivity index (χ0v) is 53.5. The molecule has 466 valence electrons. The van der Waals surface area contributed by atoms with Crippen molar-refractivity contribution in [1.29, 1.82) is 0 Å². The maximum absolute atomic E-state index is 15.7. The third kappa shape index (κ3) is 9.49. The van der Waals surface area contributed by atoms with Gasteiger partial charge in [-0.2, -0.15) is 0 Å². The standard InChI is InChI=1S/C80H58F4N12/c1-43-37-63-73(89-33-29-85-63)47(5)77(43)93(55-17-9-51(81)10-18-55)67-41-68(94(56-19-11-52(82)12-20-56)78-44(2)38-64-74(48(78)6)90-34-30-86-64)60-27-28-62-70(96(58-23-15-54(84)16-24-58)80-46(4)40-66-76(50(80)8)92-36-32-88-66)42-69(61-26-25-59(67)71(60)72(61)62)95(57-21-13-53(83)14-22-57)79-45(3)39-65-75(49(79)7)91-35-31-87-65/h9-42H,1-8H3. The molecule has 0 fully saturated rings. The van der Waals surface area contributed by atoms with Crippen LogP contribution in [0.5, 0.6) is 0 Å². The van der Waals surface area contributed by atoms with Gasteiger partial charge in [0.15, 0.2) is 0 Å². The van der Waals surface area contributed by atoms with E-state index in [1.165, 1.54) is 48.5 Å². The molecule has 96 heavy (non-hydrogen) atoms. The van der Waals surface area contributed by atoms with Crippen molar-refractivity contribution in [3.05, 3.63) is 275 Å². The first kappa shape index (κ1) is 59.0. The van der Waals surface area contributed by atoms with E-state index in [9.17, 15) is 0 Å². The van der Waals surface area contributed by atoms with Crippen LogP contribution >= 0.6 is 0 Å². The summed E-state index contributed by atoms with van der Waals surface area (Å²) in [7, 11) is 0. The molecule has 4 heterocycles. The number of aryl methyl sites for hydroxylation is 8. The lowest BCUT2D eigenvalue weighted by atomic mass is 9.88. The van der Waals surface area contributed by atoms with E-state index in [-0.39, 0.29) is 0 Å². The van der Waals surface area contributed by atoms with Crippen LogP contribution in [0.2, 0.25) is 0 Å². The third-order valence-electron chi connectivity index (χ3n) is 18.7. The van der Waals surface area contributed by atoms with E-state index in [2.05, 4.69) is 83.7 Å². The Balaban J connectivity index is 1.15. The Hall–Kier alpha value is -12.0. The van der Waals surface area contributed by atoms with Gasteiger partial charge in [-0.05, 0) is 211 Å². The van der Waals surface area contributed by atoms with Gasteiger partial charge in [-0.3, -0.25) is 39.9 Å². The summed E-state index contributed by atoms with van der Waals surface area (Å²) < 4.78 is 62.6. The Morgan fingerprint density at radius 3 is 0.646 bits per heavy atom. The lowest BCUT2D eigenvalue weighted by Crippen LogP contribution is -2.18. The van der Waals surface area contributed by atoms with Crippen LogP contribution in [-0.2, 0) is 0 Å². The van der Waals surface area contributed by atoms with Crippen molar-refractivity contribution in [3.63, 3.8) is 0 Å². The van der Waals surface area contributed by atoms with Crippen LogP contribution in [0, 0.1) is 78.7 Å². The molecule has 0 radical (unpaired) electrons. The minimum Gasteiger partial charge on any atom is -0.309 e. The molecular formula is C80H58F4N12. The Kier molecular flexibility index (Phi) is 14.1. The van der Waals surface area contributed by atoms with E-state index < -0.39 is 23.3 Å². The Morgan fingerprint density at radius 2 is 0.438 bits per heavy atom. The number of rotatable bonds is 12. The lowest BCUT2D eigenvalue weighted by Gasteiger charge is -2.36. The Morgan fingerprint density at radius 1 is 0.240 bits per heavy atom. The molecule has 12 aromatic carbocycles. The quantitative estimate of drug-likeness (QED) is 0.0856. The largest absolute Gasteiger partial charge is 0.309 e. The minimum atomic E-state index is -0.412. The van der Waals surface area contributed by atoms with Crippen LogP contribution in [-0.4, -0.2) is 39.9 Å². The summed E-state index contributed by atoms with van der Waals surface area (Å²) in [6, 6.07) is 47.1. The number of fused-ring (bicyclic) bond motifs is 4. The van der Waals surface area contributed by atoms with E-state index >= 15 is 17.6 Å². The molecule has 12 nitrogen and oxygen atoms in total. The summed E-state index contributed by atoms with van der Waals surface area (Å²) in [5.74, 6) is -1.65. The molecule has 4 aromatic heterocycles. The Bertz CT molecular complexity index is 5120. The minimum absolute atomic E-state index is 0.412. The smallest absolute Gasteiger partial charge is 0.123 e. The van der Waals surface area contributed by atoms with Crippen LogP contribution in [0.15, 0.2) is 207 Å². The highest BCUT2D eigenvalue weighted by Crippen LogP contribution is 2.57. The van der Waals surface area contributed by atoms with E-state index in [4.69, 9.17) is 39.9 Å². The molecule has 0 unspecified atom stereocenters. The van der Waals surface area contributed by atoms with Gasteiger partial charge < -0.3 is 19.6 Å². The monoisotopic (exact) mass is 1260 g/mol. The Labute approximate surface area is 549 Å². The van der Waals surface area contributed by atoms with Gasteiger partial charge in [-0.15, -0.1) is 0 Å². The lowest BCUT2D eigenvalue weighted by molar-refractivity contribution is 0.627. The average molecular weight is 1260 g/mol. The van der Waals surface area contributed by atoms with Crippen LogP contribution in [0.25, 0.3) is 76.5 Å². The molecule has 16 aromatic rings. The van der Waals surface area contributed by atoms with Gasteiger partial charge in [-0.25, -0.2) is 17.6 Å². The number of nitrogens with zero attached hydrogens (tertiary/aromatic N) is 12. The molecule has 16 rings (SSSR count). The zero-order valence-electron chi connectivity index (χ0n) is 53.5. The van der Waals surface area contributed by atoms with Crippen molar-refractivity contribution in [2.45, 2.75) is 55.4 Å². The molecule has 0 bridgehead atoms. The van der Waals surface area contributed by atoms with Gasteiger partial charge in [0.05, 0.1) is 89.6 Å². The first-order valence-electron chi connectivity index (χ1n) is 31.4. The van der Waals surface area contributed by atoms with Gasteiger partial charge in [-0.1, -0.05) is 24.3 Å². The molecule has 0 amide bonds. The summed E-state index contributed by atoms with van der Waals surface area (Å²) in [6.07, 6.45) is 13.5. The van der Waals surface area contributed by atoms with Crippen LogP contribution in [0.1, 0.15) is 44.5 Å². The SMILES string of the molecule is Cc1cc2nccnc2c(C)c1N(c1ccc(F)cc1)c1cc(N(c2ccc(F)cc2)c2c(C)cc3nccnc3c2C)c2ccc3c(N(c4ccc(F)cc4)c4c(C)cc5nccnc5c4C)cc(N(c4ccc(F)cc4)c4c(C)cc5nccnc5c4C)c4ccc1c2c43. The van der Waals surface area contributed by atoms with Crippen LogP contribution in [0.3, 0.4) is 0 Å². The van der Waals surface area contributed by atoms with Crippen molar-refractivity contribution in [1.82, 2.24) is 39.9 Å². The first-order valence-corrected chi connectivity index (χ1v) is 31.4. The van der Waals surface area contributed by atoms with E-state index in [1.54, 1.807) is 98.1 Å². The highest BCUT2D eigenvalue weighted by atomic mass is 19.1. The second-order valence-corrected chi connectivity index (χ2v) is 24.5. The summed E-state index contributed by atoms with van der Waals surface area (Å²) in [5, 5.41) is 4.85. The molecule has 0 aliphatic rings. The highest BCUT2D eigenvalue weighted by Gasteiger charge is 2.33. The maximum Gasteiger partial charge on any atom is 0.123 e. The van der Waals surface area contributed by atoms with Crippen molar-refractivity contribution in [3.8, 4) is 0 Å². The number of aromatic nitrogens is 8. The number of anilines is 12. The summed E-state index contributed by atoms with van der Waals surface area (Å²) in [6.45, 7) is 16.4. The molecule has 0 N–H and O–H groups in total. The van der Waals surface area contributed by atoms with Gasteiger partial charge >= 0.3 is 0 Å². The fourth-order valence-corrected chi connectivity index (χ4v) is 14.6. The molecule has 0 saturated carbocycles. The van der Waals surface area contributed by atoms with Crippen molar-refractivity contribution < 1.29 is 17.6 Å². The summed E-state index contributed by atoms with van der Waals surface area (Å²) >= 11 is 0. The normalized spacial score (nSPS) is 11.8. The van der Waals surface area contributed by atoms with Crippen molar-refractivity contribution in [2.24, 2.45) is 0 Å². The van der Waals surface area contributed by atoms with E-state index in [0.717, 1.165) is 99.6 Å². The van der Waals surface area contributed by atoms with Gasteiger partial charge in [0.25, 0.3) is 0 Å². The number of halogens is 4.